The number of fused-ring (bicyclic) bond motifs is 1. The van der Waals surface area contributed by atoms with E-state index in [2.05, 4.69) is 29.8 Å². The second-order valence-corrected chi connectivity index (χ2v) is 10.1. The zero-order chi connectivity index (χ0) is 27.9. The summed E-state index contributed by atoms with van der Waals surface area (Å²) in [4.78, 5) is 23.5. The molecule has 0 saturated carbocycles. The van der Waals surface area contributed by atoms with Crippen LogP contribution in [0.3, 0.4) is 0 Å². The van der Waals surface area contributed by atoms with Gasteiger partial charge in [0.05, 0.1) is 30.5 Å². The maximum atomic E-state index is 14.1. The van der Waals surface area contributed by atoms with Gasteiger partial charge in [-0.15, -0.1) is 0 Å². The van der Waals surface area contributed by atoms with Gasteiger partial charge >= 0.3 is 0 Å². The maximum absolute atomic E-state index is 14.1. The summed E-state index contributed by atoms with van der Waals surface area (Å²) >= 11 is 0. The lowest BCUT2D eigenvalue weighted by atomic mass is 9.85. The van der Waals surface area contributed by atoms with Crippen LogP contribution in [0, 0.1) is 17.6 Å². The maximum Gasteiger partial charge on any atom is 0.213 e. The molecular formula is C28H26F3N9. The molecule has 0 spiro atoms. The van der Waals surface area contributed by atoms with Crippen molar-refractivity contribution in [3.05, 3.63) is 90.2 Å². The fraction of sp³-hybridized carbons (Fsp3) is 0.250. The molecule has 1 atom stereocenters. The number of halogens is 3. The molecule has 9 nitrogen and oxygen atoms in total. The Morgan fingerprint density at radius 2 is 1.85 bits per heavy atom. The molecule has 204 valence electrons. The van der Waals surface area contributed by atoms with Crippen molar-refractivity contribution in [3.63, 3.8) is 0 Å². The molecule has 5 heterocycles. The van der Waals surface area contributed by atoms with Crippen molar-refractivity contribution in [2.75, 3.05) is 23.7 Å². The van der Waals surface area contributed by atoms with Crippen LogP contribution < -0.4 is 16.4 Å². The van der Waals surface area contributed by atoms with Gasteiger partial charge in [-0.25, -0.2) is 28.7 Å². The van der Waals surface area contributed by atoms with Gasteiger partial charge in [0, 0.05) is 36.3 Å². The van der Waals surface area contributed by atoms with E-state index in [-0.39, 0.29) is 5.82 Å². The highest BCUT2D eigenvalue weighted by atomic mass is 19.2. The predicted molar refractivity (Wildman–Crippen MR) is 145 cm³/mol. The normalized spacial score (nSPS) is 17.4. The highest BCUT2D eigenvalue weighted by Gasteiger charge is 2.33. The van der Waals surface area contributed by atoms with Crippen LogP contribution in [0.15, 0.2) is 61.3 Å². The Bertz CT molecular complexity index is 1710. The van der Waals surface area contributed by atoms with Gasteiger partial charge in [0.2, 0.25) is 5.95 Å². The van der Waals surface area contributed by atoms with Gasteiger partial charge < -0.3 is 20.9 Å². The van der Waals surface area contributed by atoms with E-state index in [1.54, 1.807) is 24.7 Å². The van der Waals surface area contributed by atoms with E-state index in [1.807, 2.05) is 10.6 Å². The molecule has 1 unspecified atom stereocenters. The first kappa shape index (κ1) is 25.7. The molecule has 0 amide bonds. The Morgan fingerprint density at radius 1 is 0.975 bits per heavy atom. The van der Waals surface area contributed by atoms with E-state index >= 15 is 0 Å². The number of imidazole rings is 1. The van der Waals surface area contributed by atoms with Crippen molar-refractivity contribution in [2.45, 2.75) is 31.3 Å². The SMILES string of the molecule is Nc1ncnc2c1ncn2Cc1cc(-c2ccc(F)c(F)c2)ncc1N1CCCC(N)(Cc2cccc(F)n2)C1. The number of benzene rings is 1. The second-order valence-electron chi connectivity index (χ2n) is 10.1. The Morgan fingerprint density at radius 3 is 2.67 bits per heavy atom. The third-order valence-electron chi connectivity index (χ3n) is 7.21. The number of nitrogens with two attached hydrogens (primary N) is 2. The number of anilines is 2. The van der Waals surface area contributed by atoms with Crippen LogP contribution in [0.5, 0.6) is 0 Å². The van der Waals surface area contributed by atoms with Crippen LogP contribution in [-0.4, -0.2) is 48.1 Å². The van der Waals surface area contributed by atoms with Gasteiger partial charge in [-0.2, -0.15) is 4.39 Å². The minimum absolute atomic E-state index is 0.274. The van der Waals surface area contributed by atoms with E-state index in [4.69, 9.17) is 11.5 Å². The topological polar surface area (TPSA) is 125 Å². The monoisotopic (exact) mass is 545 g/mol. The van der Waals surface area contributed by atoms with Crippen molar-refractivity contribution in [1.29, 1.82) is 0 Å². The quantitative estimate of drug-likeness (QED) is 0.308. The van der Waals surface area contributed by atoms with Gasteiger partial charge in [0.25, 0.3) is 0 Å². The number of aromatic nitrogens is 6. The van der Waals surface area contributed by atoms with Gasteiger partial charge in [-0.1, -0.05) is 6.07 Å². The highest BCUT2D eigenvalue weighted by Crippen LogP contribution is 2.32. The van der Waals surface area contributed by atoms with E-state index in [0.717, 1.165) is 42.8 Å². The molecule has 0 bridgehead atoms. The van der Waals surface area contributed by atoms with Crippen LogP contribution in [0.1, 0.15) is 24.1 Å². The molecule has 12 heteroatoms. The van der Waals surface area contributed by atoms with Crippen LogP contribution in [0.4, 0.5) is 24.7 Å². The standard InChI is InChI=1S/C28H26F3N9/c29-20-6-5-17(9-21(20)30)22-10-18(13-40-16-37-25-26(32)35-15-36-27(25)40)23(12-34-22)39-8-2-7-28(33,14-39)11-19-3-1-4-24(31)38-19/h1,3-6,9-10,12,15-16H,2,7-8,11,13-14,33H2,(H2,32,35,36). The summed E-state index contributed by atoms with van der Waals surface area (Å²) in [7, 11) is 0. The molecule has 0 aliphatic carbocycles. The lowest BCUT2D eigenvalue weighted by Crippen LogP contribution is -2.56. The molecule has 40 heavy (non-hydrogen) atoms. The summed E-state index contributed by atoms with van der Waals surface area (Å²) < 4.78 is 43.3. The minimum Gasteiger partial charge on any atom is -0.382 e. The summed E-state index contributed by atoms with van der Waals surface area (Å²) in [6, 6.07) is 10.3. The molecule has 0 radical (unpaired) electrons. The van der Waals surface area contributed by atoms with Crippen molar-refractivity contribution in [3.8, 4) is 11.3 Å². The number of rotatable bonds is 6. The van der Waals surface area contributed by atoms with E-state index in [0.29, 0.717) is 47.6 Å². The highest BCUT2D eigenvalue weighted by molar-refractivity contribution is 5.81. The lowest BCUT2D eigenvalue weighted by molar-refractivity contribution is 0.338. The molecule has 1 aliphatic heterocycles. The van der Waals surface area contributed by atoms with Gasteiger partial charge in [-0.3, -0.25) is 4.98 Å². The number of pyridine rings is 2. The van der Waals surface area contributed by atoms with Crippen molar-refractivity contribution >= 4 is 22.7 Å². The summed E-state index contributed by atoms with van der Waals surface area (Å²) in [6.45, 7) is 1.57. The zero-order valence-electron chi connectivity index (χ0n) is 21.4. The minimum atomic E-state index is -0.951. The largest absolute Gasteiger partial charge is 0.382 e. The number of nitrogen functional groups attached to an aromatic ring is 1. The first-order chi connectivity index (χ1) is 19.3. The average molecular weight is 546 g/mol. The molecule has 1 aliphatic rings. The Balaban J connectivity index is 1.38. The number of hydrogen-bond acceptors (Lipinski definition) is 8. The number of hydrogen-bond donors (Lipinski definition) is 2. The number of nitrogens with zero attached hydrogens (tertiary/aromatic N) is 7. The number of piperidine rings is 1. The van der Waals surface area contributed by atoms with Crippen molar-refractivity contribution in [1.82, 2.24) is 29.5 Å². The summed E-state index contributed by atoms with van der Waals surface area (Å²) in [5, 5.41) is 0. The van der Waals surface area contributed by atoms with Crippen molar-refractivity contribution in [2.24, 2.45) is 5.73 Å². The Kier molecular flexibility index (Phi) is 6.54. The molecule has 4 N–H and O–H groups in total. The Hall–Kier alpha value is -4.58. The molecule has 1 aromatic carbocycles. The smallest absolute Gasteiger partial charge is 0.213 e. The fourth-order valence-corrected chi connectivity index (χ4v) is 5.33. The van der Waals surface area contributed by atoms with E-state index in [1.165, 1.54) is 18.5 Å². The summed E-state index contributed by atoms with van der Waals surface area (Å²) in [5.41, 5.74) is 16.4. The summed E-state index contributed by atoms with van der Waals surface area (Å²) in [5.74, 6) is -2.14. The van der Waals surface area contributed by atoms with Gasteiger partial charge in [0.1, 0.15) is 11.8 Å². The first-order valence-corrected chi connectivity index (χ1v) is 12.8. The van der Waals surface area contributed by atoms with Crippen LogP contribution >= 0.6 is 0 Å². The second kappa shape index (κ2) is 10.2. The third-order valence-corrected chi connectivity index (χ3v) is 7.21. The average Bonchev–Trinajstić information content (AvgIpc) is 3.34. The molecule has 1 fully saturated rings. The molecule has 4 aromatic heterocycles. The lowest BCUT2D eigenvalue weighted by Gasteiger charge is -2.42. The molecule has 6 rings (SSSR count). The van der Waals surface area contributed by atoms with E-state index in [9.17, 15) is 13.2 Å². The Labute approximate surface area is 227 Å². The van der Waals surface area contributed by atoms with Crippen LogP contribution in [0.25, 0.3) is 22.4 Å². The molecular weight excluding hydrogens is 519 g/mol. The summed E-state index contributed by atoms with van der Waals surface area (Å²) in [6.07, 6.45) is 6.72. The molecule has 5 aromatic rings. The zero-order valence-corrected chi connectivity index (χ0v) is 21.4. The van der Waals surface area contributed by atoms with Gasteiger partial charge in [-0.05, 0) is 54.8 Å². The fourth-order valence-electron chi connectivity index (χ4n) is 5.33. The third kappa shape index (κ3) is 5.05. The van der Waals surface area contributed by atoms with Crippen LogP contribution in [0.2, 0.25) is 0 Å². The molecule has 1 saturated heterocycles. The van der Waals surface area contributed by atoms with Gasteiger partial charge in [0.15, 0.2) is 23.1 Å². The first-order valence-electron chi connectivity index (χ1n) is 12.8. The van der Waals surface area contributed by atoms with Crippen molar-refractivity contribution < 1.29 is 13.2 Å². The van der Waals surface area contributed by atoms with E-state index < -0.39 is 23.1 Å². The van der Waals surface area contributed by atoms with Crippen LogP contribution in [-0.2, 0) is 13.0 Å². The predicted octanol–water partition coefficient (Wildman–Crippen LogP) is 3.87.